The minimum absolute atomic E-state index is 0.315. The van der Waals surface area contributed by atoms with E-state index in [2.05, 4.69) is 56.1 Å². The molecular weight excluding hydrogens is 404 g/mol. The van der Waals surface area contributed by atoms with Crippen LogP contribution in [0.4, 0.5) is 5.69 Å². The number of aliphatic imine (C=N–C) groups is 1. The summed E-state index contributed by atoms with van der Waals surface area (Å²) in [6, 6.07) is 8.94. The van der Waals surface area contributed by atoms with Crippen molar-refractivity contribution in [2.24, 2.45) is 12.0 Å². The highest BCUT2D eigenvalue weighted by Gasteiger charge is 2.21. The third kappa shape index (κ3) is 6.46. The Kier molecular flexibility index (Phi) is 8.01. The van der Waals surface area contributed by atoms with E-state index in [9.17, 15) is 0 Å². The van der Waals surface area contributed by atoms with Crippen molar-refractivity contribution in [2.45, 2.75) is 51.0 Å². The Morgan fingerprint density at radius 1 is 1.25 bits per heavy atom. The SMILES string of the molecule is CN=C(NCc1cccc(COC2CCOCC2)c1)NC1CCCN(c2cnn(C)c2)C1. The molecule has 2 fully saturated rings. The Bertz CT molecular complexity index is 877. The zero-order chi connectivity index (χ0) is 22.2. The number of aryl methyl sites for hydroxylation is 1. The van der Waals surface area contributed by atoms with Crippen molar-refractivity contribution < 1.29 is 9.47 Å². The molecule has 8 nitrogen and oxygen atoms in total. The van der Waals surface area contributed by atoms with E-state index in [1.807, 2.05) is 25.0 Å². The van der Waals surface area contributed by atoms with Gasteiger partial charge in [0.25, 0.3) is 0 Å². The number of ether oxygens (including phenoxy) is 2. The molecule has 0 spiro atoms. The van der Waals surface area contributed by atoms with E-state index >= 15 is 0 Å². The van der Waals surface area contributed by atoms with Crippen LogP contribution in [0.15, 0.2) is 41.7 Å². The second-order valence-corrected chi connectivity index (χ2v) is 8.67. The molecule has 1 aromatic heterocycles. The fourth-order valence-electron chi connectivity index (χ4n) is 4.36. The lowest BCUT2D eigenvalue weighted by Gasteiger charge is -2.34. The van der Waals surface area contributed by atoms with Crippen molar-refractivity contribution in [1.82, 2.24) is 20.4 Å². The Hall–Kier alpha value is -2.58. The highest BCUT2D eigenvalue weighted by Crippen LogP contribution is 2.19. The van der Waals surface area contributed by atoms with Gasteiger partial charge in [0.15, 0.2) is 5.96 Å². The van der Waals surface area contributed by atoms with Crippen molar-refractivity contribution in [2.75, 3.05) is 38.3 Å². The lowest BCUT2D eigenvalue weighted by molar-refractivity contribution is -0.0390. The Balaban J connectivity index is 1.25. The summed E-state index contributed by atoms with van der Waals surface area (Å²) < 4.78 is 13.3. The number of nitrogens with zero attached hydrogens (tertiary/aromatic N) is 4. The molecule has 0 bridgehead atoms. The zero-order valence-electron chi connectivity index (χ0n) is 19.3. The van der Waals surface area contributed by atoms with Crippen molar-refractivity contribution in [1.29, 1.82) is 0 Å². The first-order chi connectivity index (χ1) is 15.7. The molecule has 0 amide bonds. The number of guanidine groups is 1. The first kappa shape index (κ1) is 22.6. The second-order valence-electron chi connectivity index (χ2n) is 8.67. The first-order valence-corrected chi connectivity index (χ1v) is 11.7. The molecule has 2 N–H and O–H groups in total. The van der Waals surface area contributed by atoms with Gasteiger partial charge in [-0.2, -0.15) is 5.10 Å². The van der Waals surface area contributed by atoms with E-state index in [1.54, 1.807) is 0 Å². The fraction of sp³-hybridized carbons (Fsp3) is 0.583. The standard InChI is InChI=1S/C24H36N6O2/c1-25-24(28-21-7-4-10-30(16-21)22-15-27-29(2)17-22)26-14-19-5-3-6-20(13-19)18-32-23-8-11-31-12-9-23/h3,5-6,13,15,17,21,23H,4,7-12,14,16,18H2,1-2H3,(H2,25,26,28). The van der Waals surface area contributed by atoms with Crippen LogP contribution < -0.4 is 15.5 Å². The number of benzene rings is 1. The van der Waals surface area contributed by atoms with Gasteiger partial charge >= 0.3 is 0 Å². The fourth-order valence-corrected chi connectivity index (χ4v) is 4.36. The Morgan fingerprint density at radius 3 is 2.88 bits per heavy atom. The van der Waals surface area contributed by atoms with E-state index in [0.717, 1.165) is 64.5 Å². The average Bonchev–Trinajstić information content (AvgIpc) is 3.28. The van der Waals surface area contributed by atoms with Gasteiger partial charge in [-0.15, -0.1) is 0 Å². The molecule has 1 atom stereocenters. The average molecular weight is 441 g/mol. The summed E-state index contributed by atoms with van der Waals surface area (Å²) in [5, 5.41) is 11.4. The van der Waals surface area contributed by atoms with E-state index in [4.69, 9.17) is 9.47 Å². The quantitative estimate of drug-likeness (QED) is 0.509. The summed E-state index contributed by atoms with van der Waals surface area (Å²) in [4.78, 5) is 6.83. The van der Waals surface area contributed by atoms with Gasteiger partial charge in [-0.25, -0.2) is 0 Å². The number of hydrogen-bond acceptors (Lipinski definition) is 5. The summed E-state index contributed by atoms with van der Waals surface area (Å²) in [5.41, 5.74) is 3.61. The molecule has 2 saturated heterocycles. The maximum atomic E-state index is 6.07. The molecule has 1 aromatic carbocycles. The molecule has 0 radical (unpaired) electrons. The second kappa shape index (κ2) is 11.3. The van der Waals surface area contributed by atoms with Gasteiger partial charge in [0.1, 0.15) is 0 Å². The van der Waals surface area contributed by atoms with E-state index in [0.29, 0.717) is 18.8 Å². The van der Waals surface area contributed by atoms with Crippen LogP contribution in [0.25, 0.3) is 0 Å². The smallest absolute Gasteiger partial charge is 0.191 e. The van der Waals surface area contributed by atoms with Gasteiger partial charge in [-0.1, -0.05) is 24.3 Å². The van der Waals surface area contributed by atoms with Gasteiger partial charge in [0.2, 0.25) is 0 Å². The van der Waals surface area contributed by atoms with Gasteiger partial charge in [-0.3, -0.25) is 9.67 Å². The van der Waals surface area contributed by atoms with Gasteiger partial charge in [-0.05, 0) is 36.8 Å². The van der Waals surface area contributed by atoms with Crippen LogP contribution in [0.5, 0.6) is 0 Å². The molecule has 1 unspecified atom stereocenters. The van der Waals surface area contributed by atoms with Crippen LogP contribution in [0.2, 0.25) is 0 Å². The number of anilines is 1. The van der Waals surface area contributed by atoms with Crippen LogP contribution in [-0.4, -0.2) is 61.2 Å². The molecule has 0 aliphatic carbocycles. The summed E-state index contributed by atoms with van der Waals surface area (Å²) in [6.07, 6.45) is 8.60. The molecule has 174 valence electrons. The molecule has 8 heteroatoms. The molecular formula is C24H36N6O2. The minimum atomic E-state index is 0.315. The van der Waals surface area contributed by atoms with Crippen molar-refractivity contribution in [3.63, 3.8) is 0 Å². The van der Waals surface area contributed by atoms with Crippen molar-refractivity contribution >= 4 is 11.6 Å². The monoisotopic (exact) mass is 440 g/mol. The predicted molar refractivity (Wildman–Crippen MR) is 127 cm³/mol. The highest BCUT2D eigenvalue weighted by molar-refractivity contribution is 5.80. The summed E-state index contributed by atoms with van der Waals surface area (Å²) in [5.74, 6) is 0.840. The normalized spacial score (nSPS) is 20.4. The minimum Gasteiger partial charge on any atom is -0.381 e. The summed E-state index contributed by atoms with van der Waals surface area (Å²) >= 11 is 0. The third-order valence-corrected chi connectivity index (χ3v) is 6.15. The molecule has 32 heavy (non-hydrogen) atoms. The molecule has 2 aromatic rings. The van der Waals surface area contributed by atoms with Crippen LogP contribution >= 0.6 is 0 Å². The van der Waals surface area contributed by atoms with E-state index in [-0.39, 0.29) is 0 Å². The van der Waals surface area contributed by atoms with Crippen LogP contribution in [0, 0.1) is 0 Å². The molecule has 3 heterocycles. The van der Waals surface area contributed by atoms with Crippen LogP contribution in [0.1, 0.15) is 36.8 Å². The zero-order valence-corrected chi connectivity index (χ0v) is 19.3. The number of piperidine rings is 1. The predicted octanol–water partition coefficient (Wildman–Crippen LogP) is 2.45. The highest BCUT2D eigenvalue weighted by atomic mass is 16.5. The largest absolute Gasteiger partial charge is 0.381 e. The van der Waals surface area contributed by atoms with Crippen LogP contribution in [0.3, 0.4) is 0 Å². The van der Waals surface area contributed by atoms with Crippen molar-refractivity contribution in [3.05, 3.63) is 47.8 Å². The topological polar surface area (TPSA) is 75.9 Å². The Labute approximate surface area is 191 Å². The van der Waals surface area contributed by atoms with Gasteiger partial charge in [0, 0.05) is 59.2 Å². The molecule has 2 aliphatic heterocycles. The Morgan fingerprint density at radius 2 is 2.09 bits per heavy atom. The summed E-state index contributed by atoms with van der Waals surface area (Å²) in [6.45, 7) is 5.01. The van der Waals surface area contributed by atoms with E-state index < -0.39 is 0 Å². The lowest BCUT2D eigenvalue weighted by atomic mass is 10.1. The number of hydrogen-bond donors (Lipinski definition) is 2. The van der Waals surface area contributed by atoms with Gasteiger partial charge < -0.3 is 25.0 Å². The molecule has 0 saturated carbocycles. The van der Waals surface area contributed by atoms with Crippen molar-refractivity contribution in [3.8, 4) is 0 Å². The lowest BCUT2D eigenvalue weighted by Crippen LogP contribution is -2.51. The molecule has 4 rings (SSSR count). The third-order valence-electron chi connectivity index (χ3n) is 6.15. The maximum Gasteiger partial charge on any atom is 0.191 e. The van der Waals surface area contributed by atoms with Gasteiger partial charge in [0.05, 0.1) is 24.6 Å². The number of rotatable bonds is 7. The maximum absolute atomic E-state index is 6.07. The molecule has 2 aliphatic rings. The van der Waals surface area contributed by atoms with E-state index in [1.165, 1.54) is 16.8 Å². The first-order valence-electron chi connectivity index (χ1n) is 11.7. The number of aromatic nitrogens is 2. The number of nitrogens with one attached hydrogen (secondary N) is 2. The summed E-state index contributed by atoms with van der Waals surface area (Å²) in [7, 11) is 3.79. The van der Waals surface area contributed by atoms with Crippen LogP contribution in [-0.2, 0) is 29.7 Å².